The topological polar surface area (TPSA) is 84.5 Å². The smallest absolute Gasteiger partial charge is 0.408 e. The molecule has 0 aromatic heterocycles. The van der Waals surface area contributed by atoms with Gasteiger partial charge in [0, 0.05) is 12.1 Å². The molecule has 0 aliphatic carbocycles. The number of carbonyl (C=O) groups excluding carboxylic acids is 3. The highest BCUT2D eigenvalue weighted by Crippen LogP contribution is 2.21. The molecule has 0 spiro atoms. The van der Waals surface area contributed by atoms with Gasteiger partial charge in [-0.2, -0.15) is 0 Å². The van der Waals surface area contributed by atoms with Gasteiger partial charge in [-0.1, -0.05) is 12.1 Å². The van der Waals surface area contributed by atoms with E-state index in [2.05, 4.69) is 10.6 Å². The third kappa shape index (κ3) is 5.39. The van der Waals surface area contributed by atoms with Crippen molar-refractivity contribution in [3.05, 3.63) is 35.4 Å². The Morgan fingerprint density at radius 2 is 1.87 bits per heavy atom. The van der Waals surface area contributed by atoms with Crippen molar-refractivity contribution in [2.24, 2.45) is 0 Å². The van der Waals surface area contributed by atoms with Crippen molar-refractivity contribution in [1.82, 2.24) is 10.6 Å². The predicted octanol–water partition coefficient (Wildman–Crippen LogP) is 2.38. The molecular weight excluding hydrogens is 296 g/mol. The molecule has 2 amide bonds. The van der Waals surface area contributed by atoms with E-state index in [1.165, 1.54) is 0 Å². The van der Waals surface area contributed by atoms with E-state index in [1.807, 2.05) is 6.92 Å². The molecule has 1 aromatic rings. The minimum Gasteiger partial charge on any atom is -0.444 e. The Balaban J connectivity index is 3.04. The van der Waals surface area contributed by atoms with Gasteiger partial charge in [-0.25, -0.2) is 4.79 Å². The van der Waals surface area contributed by atoms with Crippen LogP contribution < -0.4 is 10.6 Å². The molecule has 0 heterocycles. The van der Waals surface area contributed by atoms with Gasteiger partial charge in [-0.05, 0) is 52.3 Å². The van der Waals surface area contributed by atoms with Gasteiger partial charge in [0.15, 0.2) is 0 Å². The first-order valence-electron chi connectivity index (χ1n) is 7.47. The fourth-order valence-corrected chi connectivity index (χ4v) is 1.93. The van der Waals surface area contributed by atoms with Crippen LogP contribution in [0.3, 0.4) is 0 Å². The van der Waals surface area contributed by atoms with E-state index in [1.54, 1.807) is 52.0 Å². The van der Waals surface area contributed by atoms with Gasteiger partial charge in [-0.15, -0.1) is 0 Å². The lowest BCUT2D eigenvalue weighted by atomic mass is 9.92. The Morgan fingerprint density at radius 3 is 2.39 bits per heavy atom. The third-order valence-electron chi connectivity index (χ3n) is 3.06. The van der Waals surface area contributed by atoms with Crippen LogP contribution in [0.15, 0.2) is 24.3 Å². The second-order valence-electron chi connectivity index (χ2n) is 6.39. The molecule has 6 nitrogen and oxygen atoms in total. The summed E-state index contributed by atoms with van der Waals surface area (Å²) >= 11 is 0. The third-order valence-corrected chi connectivity index (χ3v) is 3.06. The molecule has 1 aromatic carbocycles. The number of benzene rings is 1. The van der Waals surface area contributed by atoms with Gasteiger partial charge in [0.2, 0.25) is 0 Å². The van der Waals surface area contributed by atoms with Gasteiger partial charge in [0.05, 0.1) is 0 Å². The number of amides is 2. The van der Waals surface area contributed by atoms with Gasteiger partial charge >= 0.3 is 6.09 Å². The Hall–Kier alpha value is -2.37. The summed E-state index contributed by atoms with van der Waals surface area (Å²) in [5, 5.41) is 5.24. The number of hydrogen-bond acceptors (Lipinski definition) is 4. The number of ether oxygens (including phenoxy) is 1. The van der Waals surface area contributed by atoms with Crippen LogP contribution in [0.4, 0.5) is 4.79 Å². The Kier molecular flexibility index (Phi) is 5.90. The zero-order chi connectivity index (χ0) is 17.7. The molecule has 1 rings (SSSR count). The monoisotopic (exact) mass is 320 g/mol. The maximum absolute atomic E-state index is 12.0. The molecule has 0 bridgehead atoms. The number of hydrogen-bond donors (Lipinski definition) is 2. The Labute approximate surface area is 136 Å². The van der Waals surface area contributed by atoms with E-state index < -0.39 is 17.2 Å². The highest BCUT2D eigenvalue weighted by atomic mass is 16.6. The molecule has 23 heavy (non-hydrogen) atoms. The van der Waals surface area contributed by atoms with Gasteiger partial charge in [0.1, 0.15) is 17.4 Å². The predicted molar refractivity (Wildman–Crippen MR) is 87.2 cm³/mol. The summed E-state index contributed by atoms with van der Waals surface area (Å²) in [6.07, 6.45) is -0.0798. The fourth-order valence-electron chi connectivity index (χ4n) is 1.93. The van der Waals surface area contributed by atoms with E-state index >= 15 is 0 Å². The first kappa shape index (κ1) is 18.7. The quantitative estimate of drug-likeness (QED) is 0.816. The lowest BCUT2D eigenvalue weighted by molar-refractivity contribution is -0.113. The molecule has 0 radical (unpaired) electrons. The first-order valence-corrected chi connectivity index (χ1v) is 7.47. The molecule has 2 N–H and O–H groups in total. The van der Waals surface area contributed by atoms with Crippen molar-refractivity contribution in [2.45, 2.75) is 45.8 Å². The summed E-state index contributed by atoms with van der Waals surface area (Å²) in [7, 11) is 0. The summed E-state index contributed by atoms with van der Waals surface area (Å²) in [5.41, 5.74) is -1.03. The maximum Gasteiger partial charge on any atom is 0.408 e. The summed E-state index contributed by atoms with van der Waals surface area (Å²) in [5.74, 6) is -0.236. The molecule has 0 aliphatic rings. The number of aldehydes is 1. The maximum atomic E-state index is 12.0. The lowest BCUT2D eigenvalue weighted by Gasteiger charge is -2.28. The zero-order valence-electron chi connectivity index (χ0n) is 14.2. The largest absolute Gasteiger partial charge is 0.444 e. The highest BCUT2D eigenvalue weighted by molar-refractivity contribution is 5.94. The summed E-state index contributed by atoms with van der Waals surface area (Å²) in [4.78, 5) is 35.4. The van der Waals surface area contributed by atoms with Crippen LogP contribution in [0.5, 0.6) is 0 Å². The van der Waals surface area contributed by atoms with Crippen molar-refractivity contribution in [3.8, 4) is 0 Å². The summed E-state index contributed by atoms with van der Waals surface area (Å²) < 4.78 is 5.18. The van der Waals surface area contributed by atoms with Crippen LogP contribution in [0, 0.1) is 0 Å². The average Bonchev–Trinajstić information content (AvgIpc) is 2.45. The number of carbonyl (C=O) groups is 3. The second-order valence-corrected chi connectivity index (χ2v) is 6.39. The number of nitrogens with one attached hydrogen (secondary N) is 2. The normalized spacial score (nSPS) is 13.6. The SMILES string of the molecule is CCNC(=O)c1cccc(C(C)(C=O)NC(=O)OC(C)(C)C)c1. The zero-order valence-corrected chi connectivity index (χ0v) is 14.2. The molecule has 0 saturated heterocycles. The fraction of sp³-hybridized carbons (Fsp3) is 0.471. The van der Waals surface area contributed by atoms with Gasteiger partial charge in [0.25, 0.3) is 5.91 Å². The molecule has 0 saturated carbocycles. The first-order chi connectivity index (χ1) is 10.6. The molecule has 1 atom stereocenters. The molecule has 0 fully saturated rings. The average molecular weight is 320 g/mol. The van der Waals surface area contributed by atoms with E-state index in [0.29, 0.717) is 24.0 Å². The van der Waals surface area contributed by atoms with Crippen LogP contribution >= 0.6 is 0 Å². The van der Waals surface area contributed by atoms with Crippen LogP contribution in [0.2, 0.25) is 0 Å². The van der Waals surface area contributed by atoms with Crippen molar-refractivity contribution in [2.75, 3.05) is 6.54 Å². The molecule has 6 heteroatoms. The Morgan fingerprint density at radius 1 is 1.22 bits per heavy atom. The van der Waals surface area contributed by atoms with E-state index in [4.69, 9.17) is 4.74 Å². The van der Waals surface area contributed by atoms with Crippen LogP contribution in [0.25, 0.3) is 0 Å². The van der Waals surface area contributed by atoms with E-state index in [0.717, 1.165) is 0 Å². The van der Waals surface area contributed by atoms with E-state index in [9.17, 15) is 14.4 Å². The van der Waals surface area contributed by atoms with Crippen LogP contribution in [0.1, 0.15) is 50.5 Å². The highest BCUT2D eigenvalue weighted by Gasteiger charge is 2.31. The Bertz CT molecular complexity index is 593. The molecule has 0 aliphatic heterocycles. The number of alkyl carbamates (subject to hydrolysis) is 1. The molecule has 1 unspecified atom stereocenters. The minimum atomic E-state index is -1.29. The van der Waals surface area contributed by atoms with Gasteiger partial charge < -0.3 is 20.2 Å². The van der Waals surface area contributed by atoms with Crippen molar-refractivity contribution in [3.63, 3.8) is 0 Å². The molecule has 126 valence electrons. The lowest BCUT2D eigenvalue weighted by Crippen LogP contribution is -2.47. The second kappa shape index (κ2) is 7.26. The van der Waals surface area contributed by atoms with Crippen molar-refractivity contribution in [1.29, 1.82) is 0 Å². The van der Waals surface area contributed by atoms with Crippen LogP contribution in [-0.4, -0.2) is 30.4 Å². The van der Waals surface area contributed by atoms with Crippen molar-refractivity contribution < 1.29 is 19.1 Å². The minimum absolute atomic E-state index is 0.236. The standard InChI is InChI=1S/C17H24N2O4/c1-6-18-14(21)12-8-7-9-13(10-12)17(5,11-20)19-15(22)23-16(2,3)4/h7-11H,6H2,1-5H3,(H,18,21)(H,19,22). The number of rotatable bonds is 5. The van der Waals surface area contributed by atoms with Gasteiger partial charge in [-0.3, -0.25) is 4.79 Å². The van der Waals surface area contributed by atoms with E-state index in [-0.39, 0.29) is 5.91 Å². The van der Waals surface area contributed by atoms with Crippen LogP contribution in [-0.2, 0) is 15.1 Å². The van der Waals surface area contributed by atoms with Crippen molar-refractivity contribution >= 4 is 18.3 Å². The summed E-state index contributed by atoms with van der Waals surface area (Å²) in [6, 6.07) is 6.57. The molecular formula is C17H24N2O4. The summed E-state index contributed by atoms with van der Waals surface area (Å²) in [6.45, 7) is 9.09.